The Morgan fingerprint density at radius 1 is 0.889 bits per heavy atom. The van der Waals surface area contributed by atoms with Gasteiger partial charge < -0.3 is 9.73 Å². The van der Waals surface area contributed by atoms with Crippen molar-refractivity contribution in [3.63, 3.8) is 0 Å². The number of carbonyl (C=O) groups excluding carboxylic acids is 1. The van der Waals surface area contributed by atoms with Crippen molar-refractivity contribution in [2.45, 2.75) is 6.92 Å². The molecule has 0 spiro atoms. The molecule has 0 unspecified atom stereocenters. The molecular formula is C23H17NO3. The number of para-hydroxylation sites is 2. The second kappa shape index (κ2) is 6.92. The minimum atomic E-state index is -0.426. The summed E-state index contributed by atoms with van der Waals surface area (Å²) in [5.74, 6) is -0.226. The molecule has 4 aromatic rings. The molecule has 0 aliphatic carbocycles. The lowest BCUT2D eigenvalue weighted by molar-refractivity contribution is 0.102. The highest BCUT2D eigenvalue weighted by atomic mass is 16.4. The van der Waals surface area contributed by atoms with Gasteiger partial charge in [0.15, 0.2) is 0 Å². The van der Waals surface area contributed by atoms with Crippen LogP contribution in [0.2, 0.25) is 0 Å². The van der Waals surface area contributed by atoms with Crippen molar-refractivity contribution in [2.75, 3.05) is 5.32 Å². The van der Waals surface area contributed by atoms with Crippen LogP contribution in [0.3, 0.4) is 0 Å². The van der Waals surface area contributed by atoms with Gasteiger partial charge in [-0.3, -0.25) is 4.79 Å². The van der Waals surface area contributed by atoms with Gasteiger partial charge in [0, 0.05) is 16.6 Å². The Hall–Kier alpha value is -3.66. The van der Waals surface area contributed by atoms with Crippen molar-refractivity contribution in [1.82, 2.24) is 0 Å². The van der Waals surface area contributed by atoms with Crippen LogP contribution in [-0.2, 0) is 0 Å². The minimum Gasteiger partial charge on any atom is -0.422 e. The molecule has 4 rings (SSSR count). The highest BCUT2D eigenvalue weighted by Gasteiger charge is 2.12. The summed E-state index contributed by atoms with van der Waals surface area (Å²) < 4.78 is 5.40. The molecule has 4 nitrogen and oxygen atoms in total. The zero-order valence-electron chi connectivity index (χ0n) is 14.7. The van der Waals surface area contributed by atoms with Crippen molar-refractivity contribution >= 4 is 22.6 Å². The Morgan fingerprint density at radius 2 is 1.67 bits per heavy atom. The van der Waals surface area contributed by atoms with Crippen LogP contribution in [0.15, 0.2) is 88.1 Å². The molecule has 0 radical (unpaired) electrons. The van der Waals surface area contributed by atoms with Crippen molar-refractivity contribution in [3.05, 3.63) is 100 Å². The van der Waals surface area contributed by atoms with Crippen LogP contribution >= 0.6 is 0 Å². The fourth-order valence-electron chi connectivity index (χ4n) is 3.00. The first-order chi connectivity index (χ1) is 13.1. The summed E-state index contributed by atoms with van der Waals surface area (Å²) in [6, 6.07) is 23.7. The Balaban J connectivity index is 1.71. The van der Waals surface area contributed by atoms with E-state index in [4.69, 9.17) is 4.42 Å². The third-order valence-electron chi connectivity index (χ3n) is 4.47. The first-order valence-corrected chi connectivity index (χ1v) is 8.62. The van der Waals surface area contributed by atoms with E-state index in [1.807, 2.05) is 49.4 Å². The Labute approximate surface area is 156 Å². The smallest absolute Gasteiger partial charge is 0.344 e. The maximum Gasteiger partial charge on any atom is 0.344 e. The zero-order valence-corrected chi connectivity index (χ0v) is 14.7. The van der Waals surface area contributed by atoms with Crippen LogP contribution in [-0.4, -0.2) is 5.91 Å². The molecule has 0 aliphatic heterocycles. The molecule has 0 bridgehead atoms. The number of aryl methyl sites for hydroxylation is 1. The van der Waals surface area contributed by atoms with E-state index in [1.165, 1.54) is 0 Å². The summed E-state index contributed by atoms with van der Waals surface area (Å²) in [6.07, 6.45) is 0. The molecule has 3 aromatic carbocycles. The maximum atomic E-state index is 12.6. The second-order valence-corrected chi connectivity index (χ2v) is 6.34. The van der Waals surface area contributed by atoms with Gasteiger partial charge in [-0.05, 0) is 48.4 Å². The summed E-state index contributed by atoms with van der Waals surface area (Å²) in [5, 5.41) is 3.74. The first kappa shape index (κ1) is 16.8. The number of rotatable bonds is 3. The van der Waals surface area contributed by atoms with E-state index in [9.17, 15) is 9.59 Å². The third-order valence-corrected chi connectivity index (χ3v) is 4.47. The molecule has 0 atom stereocenters. The predicted octanol–water partition coefficient (Wildman–Crippen LogP) is 5.02. The molecule has 1 amide bonds. The molecule has 1 heterocycles. The number of fused-ring (bicyclic) bond motifs is 1. The monoisotopic (exact) mass is 355 g/mol. The molecule has 4 heteroatoms. The minimum absolute atomic E-state index is 0.226. The summed E-state index contributed by atoms with van der Waals surface area (Å²) in [4.78, 5) is 25.0. The van der Waals surface area contributed by atoms with Crippen LogP contribution in [0, 0.1) is 6.92 Å². The van der Waals surface area contributed by atoms with Crippen LogP contribution in [0.25, 0.3) is 22.1 Å². The lowest BCUT2D eigenvalue weighted by atomic mass is 10.0. The Morgan fingerprint density at radius 3 is 2.52 bits per heavy atom. The van der Waals surface area contributed by atoms with Crippen LogP contribution in [0.5, 0.6) is 0 Å². The van der Waals surface area contributed by atoms with Gasteiger partial charge in [-0.15, -0.1) is 0 Å². The summed E-state index contributed by atoms with van der Waals surface area (Å²) in [5.41, 5.74) is 3.41. The lowest BCUT2D eigenvalue weighted by Gasteiger charge is -2.09. The van der Waals surface area contributed by atoms with E-state index in [2.05, 4.69) is 5.32 Å². The van der Waals surface area contributed by atoms with E-state index < -0.39 is 5.63 Å². The van der Waals surface area contributed by atoms with Crippen molar-refractivity contribution in [1.29, 1.82) is 0 Å². The highest BCUT2D eigenvalue weighted by Crippen LogP contribution is 2.22. The van der Waals surface area contributed by atoms with Crippen LogP contribution < -0.4 is 10.9 Å². The molecular weight excluding hydrogens is 338 g/mol. The number of carbonyl (C=O) groups is 1. The summed E-state index contributed by atoms with van der Waals surface area (Å²) in [7, 11) is 0. The van der Waals surface area contributed by atoms with Gasteiger partial charge in [-0.2, -0.15) is 0 Å². The fourth-order valence-corrected chi connectivity index (χ4v) is 3.00. The van der Waals surface area contributed by atoms with E-state index in [1.54, 1.807) is 36.4 Å². The topological polar surface area (TPSA) is 59.3 Å². The van der Waals surface area contributed by atoms with E-state index in [0.29, 0.717) is 22.3 Å². The van der Waals surface area contributed by atoms with Gasteiger partial charge in [-0.1, -0.05) is 48.5 Å². The lowest BCUT2D eigenvalue weighted by Crippen LogP contribution is -2.13. The number of hydrogen-bond donors (Lipinski definition) is 1. The third kappa shape index (κ3) is 3.37. The molecule has 0 saturated carbocycles. The zero-order chi connectivity index (χ0) is 18.8. The summed E-state index contributed by atoms with van der Waals surface area (Å²) in [6.45, 7) is 1.94. The Bertz CT molecular complexity index is 1210. The summed E-state index contributed by atoms with van der Waals surface area (Å²) >= 11 is 0. The van der Waals surface area contributed by atoms with Crippen molar-refractivity contribution < 1.29 is 9.21 Å². The molecule has 132 valence electrons. The van der Waals surface area contributed by atoms with Gasteiger partial charge in [0.25, 0.3) is 5.91 Å². The molecule has 1 N–H and O–H groups in total. The number of benzene rings is 3. The van der Waals surface area contributed by atoms with E-state index in [-0.39, 0.29) is 5.91 Å². The molecule has 0 fully saturated rings. The van der Waals surface area contributed by atoms with E-state index in [0.717, 1.165) is 16.6 Å². The first-order valence-electron chi connectivity index (χ1n) is 8.62. The Kier molecular flexibility index (Phi) is 4.30. The van der Waals surface area contributed by atoms with Gasteiger partial charge in [0.2, 0.25) is 0 Å². The SMILES string of the molecule is Cc1ccccc1NC(=O)c1cccc(-c2cc3ccccc3oc2=O)c1. The molecule has 0 aliphatic rings. The second-order valence-electron chi connectivity index (χ2n) is 6.34. The largest absolute Gasteiger partial charge is 0.422 e. The highest BCUT2D eigenvalue weighted by molar-refractivity contribution is 6.05. The number of amides is 1. The van der Waals surface area contributed by atoms with Crippen LogP contribution in [0.1, 0.15) is 15.9 Å². The van der Waals surface area contributed by atoms with Crippen LogP contribution in [0.4, 0.5) is 5.69 Å². The predicted molar refractivity (Wildman–Crippen MR) is 107 cm³/mol. The molecule has 1 aromatic heterocycles. The van der Waals surface area contributed by atoms with E-state index >= 15 is 0 Å². The maximum absolute atomic E-state index is 12.6. The normalized spacial score (nSPS) is 10.7. The quantitative estimate of drug-likeness (QED) is 0.525. The van der Waals surface area contributed by atoms with Crippen molar-refractivity contribution in [3.8, 4) is 11.1 Å². The average molecular weight is 355 g/mol. The van der Waals surface area contributed by atoms with Gasteiger partial charge in [0.05, 0.1) is 5.56 Å². The fraction of sp³-hybridized carbons (Fsp3) is 0.0435. The molecule has 0 saturated heterocycles. The number of nitrogens with one attached hydrogen (secondary N) is 1. The number of anilines is 1. The van der Waals surface area contributed by atoms with Crippen molar-refractivity contribution in [2.24, 2.45) is 0 Å². The average Bonchev–Trinajstić information content (AvgIpc) is 2.69. The van der Waals surface area contributed by atoms with Gasteiger partial charge in [0.1, 0.15) is 5.58 Å². The van der Waals surface area contributed by atoms with Gasteiger partial charge in [-0.25, -0.2) is 4.79 Å². The standard InChI is InChI=1S/C23H17NO3/c1-15-7-2-4-11-20(15)24-22(25)18-10-6-9-16(13-18)19-14-17-8-3-5-12-21(17)27-23(19)26/h2-14H,1H3,(H,24,25). The van der Waals surface area contributed by atoms with Gasteiger partial charge >= 0.3 is 5.63 Å². The number of hydrogen-bond acceptors (Lipinski definition) is 3. The molecule has 27 heavy (non-hydrogen) atoms.